The molecule has 1 aliphatic carbocycles. The smallest absolute Gasteiger partial charge is 0.407 e. The first kappa shape index (κ1) is 17.8. The van der Waals surface area contributed by atoms with E-state index in [-0.39, 0.29) is 12.2 Å². The van der Waals surface area contributed by atoms with Crippen LogP contribution in [-0.4, -0.2) is 23.7 Å². The Morgan fingerprint density at radius 3 is 2.92 bits per heavy atom. The van der Waals surface area contributed by atoms with Gasteiger partial charge in [-0.1, -0.05) is 45.4 Å². The molecule has 2 N–H and O–H groups in total. The molecule has 1 aliphatic rings. The van der Waals surface area contributed by atoms with Crippen molar-refractivity contribution in [1.29, 1.82) is 0 Å². The van der Waals surface area contributed by atoms with Gasteiger partial charge in [0.25, 0.3) is 0 Å². The van der Waals surface area contributed by atoms with Crippen LogP contribution in [-0.2, 0) is 11.2 Å². The van der Waals surface area contributed by atoms with E-state index in [1.165, 1.54) is 17.4 Å². The van der Waals surface area contributed by atoms with Gasteiger partial charge in [0.1, 0.15) is 6.10 Å². The normalized spacial score (nSPS) is 23.8. The molecule has 25 heavy (non-hydrogen) atoms. The number of aromatic amines is 1. The molecule has 4 heteroatoms. The van der Waals surface area contributed by atoms with Gasteiger partial charge in [0.05, 0.1) is 0 Å². The average Bonchev–Trinajstić information content (AvgIpc) is 2.98. The van der Waals surface area contributed by atoms with Gasteiger partial charge in [0.15, 0.2) is 0 Å². The quantitative estimate of drug-likeness (QED) is 0.812. The van der Waals surface area contributed by atoms with Crippen LogP contribution in [0, 0.1) is 17.8 Å². The number of carbonyl (C=O) groups is 1. The lowest BCUT2D eigenvalue weighted by Crippen LogP contribution is -2.39. The number of benzene rings is 1. The highest BCUT2D eigenvalue weighted by atomic mass is 16.6. The highest BCUT2D eigenvalue weighted by Crippen LogP contribution is 2.35. The Morgan fingerprint density at radius 2 is 2.12 bits per heavy atom. The molecule has 1 aromatic heterocycles. The first-order valence-corrected chi connectivity index (χ1v) is 9.54. The lowest BCUT2D eigenvalue weighted by atomic mass is 9.75. The maximum Gasteiger partial charge on any atom is 0.407 e. The van der Waals surface area contributed by atoms with E-state index in [0.717, 1.165) is 24.8 Å². The molecule has 3 rings (SSSR count). The molecular formula is C21H30N2O2. The number of nitrogens with one attached hydrogen (secondary N) is 2. The molecular weight excluding hydrogens is 312 g/mol. The Labute approximate surface area is 150 Å². The van der Waals surface area contributed by atoms with E-state index in [4.69, 9.17) is 4.74 Å². The Balaban J connectivity index is 1.50. The number of carbonyl (C=O) groups excluding carboxylic acids is 1. The number of hydrogen-bond donors (Lipinski definition) is 2. The minimum Gasteiger partial charge on any atom is -0.446 e. The SMILES string of the molecule is CC(C)[C@@H]1CC[C@@H](C)C[C@H]1OC(=O)NCCc1c[nH]c2ccccc12. The van der Waals surface area contributed by atoms with Crippen LogP contribution in [0.25, 0.3) is 10.9 Å². The Kier molecular flexibility index (Phi) is 5.67. The summed E-state index contributed by atoms with van der Waals surface area (Å²) in [5.74, 6) is 1.67. The third-order valence-electron chi connectivity index (χ3n) is 5.56. The van der Waals surface area contributed by atoms with Crippen molar-refractivity contribution in [2.75, 3.05) is 6.54 Å². The summed E-state index contributed by atoms with van der Waals surface area (Å²) >= 11 is 0. The molecule has 0 saturated heterocycles. The van der Waals surface area contributed by atoms with Crippen molar-refractivity contribution < 1.29 is 9.53 Å². The maximum absolute atomic E-state index is 12.2. The predicted octanol–water partition coefficient (Wildman–Crippen LogP) is 4.90. The third kappa shape index (κ3) is 4.36. The number of fused-ring (bicyclic) bond motifs is 1. The summed E-state index contributed by atoms with van der Waals surface area (Å²) in [7, 11) is 0. The molecule has 0 unspecified atom stereocenters. The van der Waals surface area contributed by atoms with Gasteiger partial charge >= 0.3 is 6.09 Å². The van der Waals surface area contributed by atoms with Crippen LogP contribution < -0.4 is 5.32 Å². The van der Waals surface area contributed by atoms with Crippen LogP contribution in [0.15, 0.2) is 30.5 Å². The van der Waals surface area contributed by atoms with Gasteiger partial charge in [-0.05, 0) is 48.6 Å². The summed E-state index contributed by atoms with van der Waals surface area (Å²) in [6, 6.07) is 8.24. The molecule has 136 valence electrons. The molecule has 1 heterocycles. The predicted molar refractivity (Wildman–Crippen MR) is 102 cm³/mol. The van der Waals surface area contributed by atoms with Gasteiger partial charge < -0.3 is 15.0 Å². The summed E-state index contributed by atoms with van der Waals surface area (Å²) in [4.78, 5) is 15.5. The maximum atomic E-state index is 12.2. The second-order valence-electron chi connectivity index (χ2n) is 7.81. The summed E-state index contributed by atoms with van der Waals surface area (Å²) < 4.78 is 5.78. The molecule has 0 aliphatic heterocycles. The summed E-state index contributed by atoms with van der Waals surface area (Å²) in [5, 5.41) is 4.15. The van der Waals surface area contributed by atoms with Crippen LogP contribution in [0.2, 0.25) is 0 Å². The zero-order valence-corrected chi connectivity index (χ0v) is 15.5. The number of rotatable bonds is 5. The van der Waals surface area contributed by atoms with Gasteiger partial charge in [0, 0.05) is 23.6 Å². The van der Waals surface area contributed by atoms with Crippen molar-refractivity contribution in [2.45, 2.75) is 52.6 Å². The monoisotopic (exact) mass is 342 g/mol. The van der Waals surface area contributed by atoms with E-state index in [1.54, 1.807) is 0 Å². The van der Waals surface area contributed by atoms with E-state index in [9.17, 15) is 4.79 Å². The van der Waals surface area contributed by atoms with Gasteiger partial charge in [0.2, 0.25) is 0 Å². The number of amides is 1. The van der Waals surface area contributed by atoms with Gasteiger partial charge in [-0.25, -0.2) is 4.79 Å². The van der Waals surface area contributed by atoms with Crippen molar-refractivity contribution >= 4 is 17.0 Å². The molecule has 1 fully saturated rings. The highest BCUT2D eigenvalue weighted by molar-refractivity contribution is 5.83. The second-order valence-corrected chi connectivity index (χ2v) is 7.81. The van der Waals surface area contributed by atoms with Crippen molar-refractivity contribution in [1.82, 2.24) is 10.3 Å². The number of para-hydroxylation sites is 1. The zero-order valence-electron chi connectivity index (χ0n) is 15.5. The molecule has 0 spiro atoms. The number of H-pyrrole nitrogens is 1. The number of aromatic nitrogens is 1. The lowest BCUT2D eigenvalue weighted by molar-refractivity contribution is 0.00631. The molecule has 0 radical (unpaired) electrons. The molecule has 1 amide bonds. The van der Waals surface area contributed by atoms with Gasteiger partial charge in [-0.2, -0.15) is 0 Å². The zero-order chi connectivity index (χ0) is 17.8. The lowest BCUT2D eigenvalue weighted by Gasteiger charge is -2.36. The van der Waals surface area contributed by atoms with E-state index < -0.39 is 0 Å². The fourth-order valence-corrected chi connectivity index (χ4v) is 4.07. The summed E-state index contributed by atoms with van der Waals surface area (Å²) in [6.45, 7) is 7.30. The van der Waals surface area contributed by atoms with Crippen molar-refractivity contribution in [3.63, 3.8) is 0 Å². The third-order valence-corrected chi connectivity index (χ3v) is 5.56. The minimum absolute atomic E-state index is 0.0526. The average molecular weight is 342 g/mol. The first-order chi connectivity index (χ1) is 12.0. The van der Waals surface area contributed by atoms with Crippen molar-refractivity contribution in [3.05, 3.63) is 36.0 Å². The molecule has 2 aromatic rings. The fraction of sp³-hybridized carbons (Fsp3) is 0.571. The van der Waals surface area contributed by atoms with Crippen LogP contribution in [0.1, 0.15) is 45.6 Å². The molecule has 1 saturated carbocycles. The van der Waals surface area contributed by atoms with Crippen molar-refractivity contribution in [2.24, 2.45) is 17.8 Å². The van der Waals surface area contributed by atoms with Crippen molar-refractivity contribution in [3.8, 4) is 0 Å². The van der Waals surface area contributed by atoms with E-state index in [0.29, 0.717) is 24.3 Å². The molecule has 1 aromatic carbocycles. The highest BCUT2D eigenvalue weighted by Gasteiger charge is 2.33. The van der Waals surface area contributed by atoms with Crippen LogP contribution >= 0.6 is 0 Å². The topological polar surface area (TPSA) is 54.1 Å². The van der Waals surface area contributed by atoms with Crippen LogP contribution in [0.3, 0.4) is 0 Å². The van der Waals surface area contributed by atoms with Crippen LogP contribution in [0.5, 0.6) is 0 Å². The Bertz CT molecular complexity index is 707. The van der Waals surface area contributed by atoms with Gasteiger partial charge in [-0.3, -0.25) is 0 Å². The largest absolute Gasteiger partial charge is 0.446 e. The number of alkyl carbamates (subject to hydrolysis) is 1. The Morgan fingerprint density at radius 1 is 1.32 bits per heavy atom. The van der Waals surface area contributed by atoms with E-state index in [2.05, 4.69) is 43.2 Å². The molecule has 0 bridgehead atoms. The summed E-state index contributed by atoms with van der Waals surface area (Å²) in [6.07, 6.45) is 5.99. The minimum atomic E-state index is -0.274. The Hall–Kier alpha value is -1.97. The number of hydrogen-bond acceptors (Lipinski definition) is 2. The van der Waals surface area contributed by atoms with Gasteiger partial charge in [-0.15, -0.1) is 0 Å². The molecule has 4 nitrogen and oxygen atoms in total. The van der Waals surface area contributed by atoms with E-state index >= 15 is 0 Å². The molecule has 3 atom stereocenters. The first-order valence-electron chi connectivity index (χ1n) is 9.54. The fourth-order valence-electron chi connectivity index (χ4n) is 4.07. The van der Waals surface area contributed by atoms with Crippen LogP contribution in [0.4, 0.5) is 4.79 Å². The summed E-state index contributed by atoms with van der Waals surface area (Å²) in [5.41, 5.74) is 2.36. The van der Waals surface area contributed by atoms with E-state index in [1.807, 2.05) is 18.3 Å². The number of ether oxygens (including phenoxy) is 1. The second kappa shape index (κ2) is 7.94. The standard InChI is InChI=1S/C21H30N2O2/c1-14(2)17-9-8-15(3)12-20(17)25-21(24)22-11-10-16-13-23-19-7-5-4-6-18(16)19/h4-7,13-15,17,20,23H,8-12H2,1-3H3,(H,22,24)/t15-,17+,20-/m1/s1.